The largest absolute Gasteiger partial charge is 0.367 e. The summed E-state index contributed by atoms with van der Waals surface area (Å²) in [6.45, 7) is 5.11. The molecule has 1 fully saturated rings. The summed E-state index contributed by atoms with van der Waals surface area (Å²) < 4.78 is 0. The number of aryl methyl sites for hydroxylation is 1. The van der Waals surface area contributed by atoms with E-state index in [9.17, 15) is 10.1 Å². The smallest absolute Gasteiger partial charge is 0.270 e. The van der Waals surface area contributed by atoms with E-state index in [-0.39, 0.29) is 10.6 Å². The number of anilines is 2. The molecule has 2 aromatic heterocycles. The van der Waals surface area contributed by atoms with Gasteiger partial charge in [-0.05, 0) is 25.1 Å². The van der Waals surface area contributed by atoms with Crippen molar-refractivity contribution in [3.8, 4) is 0 Å². The van der Waals surface area contributed by atoms with Crippen molar-refractivity contribution in [1.29, 1.82) is 0 Å². The molecule has 1 saturated heterocycles. The van der Waals surface area contributed by atoms with Gasteiger partial charge in [-0.1, -0.05) is 0 Å². The molecule has 4 rings (SSSR count). The zero-order valence-electron chi connectivity index (χ0n) is 14.4. The molecule has 0 saturated carbocycles. The number of pyridine rings is 1. The fourth-order valence-electron chi connectivity index (χ4n) is 3.30. The standard InChI is InChI=1S/C18H18N6O2/c1-13-11-17(15-12-14(24(25)26)3-4-16(15)21-13)22-7-9-23(10-8-22)18-19-5-2-6-20-18/h2-6,11-12H,7-10H2,1H3. The topological polar surface area (TPSA) is 88.3 Å². The number of nitrogens with zero attached hydrogens (tertiary/aromatic N) is 6. The van der Waals surface area contributed by atoms with Crippen molar-refractivity contribution in [1.82, 2.24) is 15.0 Å². The lowest BCUT2D eigenvalue weighted by Gasteiger charge is -2.36. The van der Waals surface area contributed by atoms with Gasteiger partial charge in [0.25, 0.3) is 5.69 Å². The van der Waals surface area contributed by atoms with Crippen LogP contribution in [0.4, 0.5) is 17.3 Å². The summed E-state index contributed by atoms with van der Waals surface area (Å²) >= 11 is 0. The first-order valence-electron chi connectivity index (χ1n) is 8.44. The molecule has 132 valence electrons. The molecule has 1 aliphatic heterocycles. The Balaban J connectivity index is 1.64. The molecular formula is C18H18N6O2. The summed E-state index contributed by atoms with van der Waals surface area (Å²) in [5, 5.41) is 12.0. The molecule has 0 unspecified atom stereocenters. The first-order valence-corrected chi connectivity index (χ1v) is 8.44. The van der Waals surface area contributed by atoms with Crippen molar-refractivity contribution in [2.45, 2.75) is 6.92 Å². The fourth-order valence-corrected chi connectivity index (χ4v) is 3.30. The van der Waals surface area contributed by atoms with Crippen LogP contribution in [0.15, 0.2) is 42.7 Å². The van der Waals surface area contributed by atoms with E-state index >= 15 is 0 Å². The maximum Gasteiger partial charge on any atom is 0.270 e. The third kappa shape index (κ3) is 3.01. The Kier molecular flexibility index (Phi) is 4.08. The van der Waals surface area contributed by atoms with Crippen LogP contribution in [0.2, 0.25) is 0 Å². The summed E-state index contributed by atoms with van der Waals surface area (Å²) in [5.74, 6) is 0.735. The van der Waals surface area contributed by atoms with Crippen LogP contribution in [0, 0.1) is 17.0 Å². The number of aromatic nitrogens is 3. The predicted octanol–water partition coefficient (Wildman–Crippen LogP) is 2.57. The zero-order valence-corrected chi connectivity index (χ0v) is 14.4. The summed E-state index contributed by atoms with van der Waals surface area (Å²) in [5.41, 5.74) is 2.75. The van der Waals surface area contributed by atoms with Crippen molar-refractivity contribution in [3.05, 3.63) is 58.5 Å². The molecule has 1 aromatic carbocycles. The second kappa shape index (κ2) is 6.55. The number of fused-ring (bicyclic) bond motifs is 1. The van der Waals surface area contributed by atoms with Gasteiger partial charge in [-0.15, -0.1) is 0 Å². The van der Waals surface area contributed by atoms with E-state index in [1.54, 1.807) is 30.6 Å². The number of non-ortho nitro benzene ring substituents is 1. The normalized spacial score (nSPS) is 14.7. The minimum Gasteiger partial charge on any atom is -0.367 e. The lowest BCUT2D eigenvalue weighted by molar-refractivity contribution is -0.384. The Labute approximate surface area is 150 Å². The Morgan fingerprint density at radius 3 is 2.42 bits per heavy atom. The van der Waals surface area contributed by atoms with Crippen molar-refractivity contribution >= 4 is 28.2 Å². The summed E-state index contributed by atoms with van der Waals surface area (Å²) in [7, 11) is 0. The van der Waals surface area contributed by atoms with E-state index in [0.29, 0.717) is 0 Å². The minimum absolute atomic E-state index is 0.0840. The Hall–Kier alpha value is -3.29. The van der Waals surface area contributed by atoms with Gasteiger partial charge in [-0.2, -0.15) is 0 Å². The quantitative estimate of drug-likeness (QED) is 0.530. The number of nitro groups is 1. The second-order valence-corrected chi connectivity index (χ2v) is 6.26. The van der Waals surface area contributed by atoms with Crippen LogP contribution in [0.25, 0.3) is 10.9 Å². The fraction of sp³-hybridized carbons (Fsp3) is 0.278. The molecule has 3 heterocycles. The lowest BCUT2D eigenvalue weighted by Crippen LogP contribution is -2.47. The van der Waals surface area contributed by atoms with E-state index in [4.69, 9.17) is 0 Å². The third-order valence-electron chi connectivity index (χ3n) is 4.56. The highest BCUT2D eigenvalue weighted by Gasteiger charge is 2.21. The number of nitro benzene ring substituents is 1. The molecule has 8 nitrogen and oxygen atoms in total. The molecule has 0 amide bonds. The Bertz CT molecular complexity index is 955. The minimum atomic E-state index is -0.367. The Morgan fingerprint density at radius 2 is 1.73 bits per heavy atom. The Morgan fingerprint density at radius 1 is 1.04 bits per heavy atom. The van der Waals surface area contributed by atoms with E-state index in [2.05, 4.69) is 24.8 Å². The van der Waals surface area contributed by atoms with Gasteiger partial charge in [-0.25, -0.2) is 9.97 Å². The average Bonchev–Trinajstić information content (AvgIpc) is 2.67. The van der Waals surface area contributed by atoms with Gasteiger partial charge in [0.1, 0.15) is 0 Å². The monoisotopic (exact) mass is 350 g/mol. The van der Waals surface area contributed by atoms with Gasteiger partial charge in [-0.3, -0.25) is 15.1 Å². The average molecular weight is 350 g/mol. The molecular weight excluding hydrogens is 332 g/mol. The lowest BCUT2D eigenvalue weighted by atomic mass is 10.1. The summed E-state index contributed by atoms with van der Waals surface area (Å²) in [4.78, 5) is 28.3. The van der Waals surface area contributed by atoms with Crippen LogP contribution in [-0.4, -0.2) is 46.1 Å². The molecule has 0 radical (unpaired) electrons. The van der Waals surface area contributed by atoms with Gasteiger partial charge in [0.2, 0.25) is 5.95 Å². The molecule has 0 aliphatic carbocycles. The molecule has 1 aliphatic rings. The highest BCUT2D eigenvalue weighted by molar-refractivity contribution is 5.93. The van der Waals surface area contributed by atoms with Crippen molar-refractivity contribution < 1.29 is 4.92 Å². The maximum atomic E-state index is 11.1. The van der Waals surface area contributed by atoms with E-state index in [1.165, 1.54) is 6.07 Å². The van der Waals surface area contributed by atoms with Crippen molar-refractivity contribution in [3.63, 3.8) is 0 Å². The van der Waals surface area contributed by atoms with Crippen LogP contribution < -0.4 is 9.80 Å². The number of benzene rings is 1. The summed E-state index contributed by atoms with van der Waals surface area (Å²) in [6.07, 6.45) is 3.49. The first-order chi connectivity index (χ1) is 12.6. The molecule has 0 atom stereocenters. The van der Waals surface area contributed by atoms with Crippen LogP contribution in [0.5, 0.6) is 0 Å². The van der Waals surface area contributed by atoms with E-state index < -0.39 is 0 Å². The van der Waals surface area contributed by atoms with Crippen molar-refractivity contribution in [2.24, 2.45) is 0 Å². The van der Waals surface area contributed by atoms with E-state index in [0.717, 1.165) is 54.4 Å². The number of rotatable bonds is 3. The molecule has 0 spiro atoms. The van der Waals surface area contributed by atoms with Crippen LogP contribution in [0.3, 0.4) is 0 Å². The van der Waals surface area contributed by atoms with Gasteiger partial charge in [0.15, 0.2) is 0 Å². The molecule has 0 bridgehead atoms. The van der Waals surface area contributed by atoms with Gasteiger partial charge in [0.05, 0.1) is 10.4 Å². The van der Waals surface area contributed by atoms with Gasteiger partial charge < -0.3 is 9.80 Å². The third-order valence-corrected chi connectivity index (χ3v) is 4.56. The number of hydrogen-bond donors (Lipinski definition) is 0. The first kappa shape index (κ1) is 16.2. The molecule has 0 N–H and O–H groups in total. The maximum absolute atomic E-state index is 11.1. The van der Waals surface area contributed by atoms with Crippen LogP contribution in [-0.2, 0) is 0 Å². The molecule has 8 heteroatoms. The van der Waals surface area contributed by atoms with Crippen molar-refractivity contribution in [2.75, 3.05) is 36.0 Å². The highest BCUT2D eigenvalue weighted by atomic mass is 16.6. The molecule has 3 aromatic rings. The van der Waals surface area contributed by atoms with Crippen LogP contribution in [0.1, 0.15) is 5.69 Å². The second-order valence-electron chi connectivity index (χ2n) is 6.26. The molecule has 26 heavy (non-hydrogen) atoms. The number of piperazine rings is 1. The van der Waals surface area contributed by atoms with Gasteiger partial charge in [0, 0.05) is 67.5 Å². The zero-order chi connectivity index (χ0) is 18.1. The number of hydrogen-bond acceptors (Lipinski definition) is 7. The SMILES string of the molecule is Cc1cc(N2CCN(c3ncccn3)CC2)c2cc([N+](=O)[O-])ccc2n1. The highest BCUT2D eigenvalue weighted by Crippen LogP contribution is 2.30. The van der Waals surface area contributed by atoms with Gasteiger partial charge >= 0.3 is 0 Å². The summed E-state index contributed by atoms with van der Waals surface area (Å²) in [6, 6.07) is 8.64. The van der Waals surface area contributed by atoms with E-state index in [1.807, 2.05) is 13.0 Å². The predicted molar refractivity (Wildman–Crippen MR) is 99.6 cm³/mol. The van der Waals surface area contributed by atoms with Crippen LogP contribution >= 0.6 is 0 Å².